The number of nitrogens with zero attached hydrogens (tertiary/aromatic N) is 2. The first kappa shape index (κ1) is 26.5. The highest BCUT2D eigenvalue weighted by molar-refractivity contribution is 6.01. The van der Waals surface area contributed by atoms with Gasteiger partial charge >= 0.3 is 0 Å². The average Bonchev–Trinajstić information content (AvgIpc) is 3.02. The van der Waals surface area contributed by atoms with Crippen LogP contribution in [0.1, 0.15) is 28.3 Å². The maximum absolute atomic E-state index is 5.13. The van der Waals surface area contributed by atoms with Gasteiger partial charge in [0.2, 0.25) is 0 Å². The smallest absolute Gasteiger partial charge is 0.154 e. The van der Waals surface area contributed by atoms with Crippen molar-refractivity contribution < 1.29 is 0 Å². The van der Waals surface area contributed by atoms with Crippen LogP contribution in [0.5, 0.6) is 0 Å². The predicted molar refractivity (Wildman–Crippen MR) is 172 cm³/mol. The predicted octanol–water partition coefficient (Wildman–Crippen LogP) is 9.58. The summed E-state index contributed by atoms with van der Waals surface area (Å²) in [4.78, 5) is 9.43. The molecule has 0 aliphatic heterocycles. The Morgan fingerprint density at radius 3 is 2.17 bits per heavy atom. The fourth-order valence-electron chi connectivity index (χ4n) is 4.89. The molecule has 0 aliphatic carbocycles. The van der Waals surface area contributed by atoms with Gasteiger partial charge in [0.15, 0.2) is 5.84 Å². The zero-order valence-electron chi connectivity index (χ0n) is 22.5. The number of aliphatic imine (C=N–C) groups is 2. The molecule has 0 aliphatic rings. The third-order valence-corrected chi connectivity index (χ3v) is 6.89. The van der Waals surface area contributed by atoms with E-state index in [-0.39, 0.29) is 6.04 Å². The van der Waals surface area contributed by atoms with Gasteiger partial charge in [0, 0.05) is 5.56 Å². The van der Waals surface area contributed by atoms with Crippen molar-refractivity contribution in [3.05, 3.63) is 181 Å². The van der Waals surface area contributed by atoms with Crippen LogP contribution in [-0.4, -0.2) is 12.6 Å². The van der Waals surface area contributed by atoms with Crippen molar-refractivity contribution in [2.24, 2.45) is 9.98 Å². The molecular formula is C38H32N2. The summed E-state index contributed by atoms with van der Waals surface area (Å²) in [6, 6.07) is 42.1. The van der Waals surface area contributed by atoms with Crippen LogP contribution >= 0.6 is 0 Å². The lowest BCUT2D eigenvalue weighted by Gasteiger charge is -2.16. The van der Waals surface area contributed by atoms with Gasteiger partial charge in [0.05, 0.1) is 0 Å². The third-order valence-electron chi connectivity index (χ3n) is 6.89. The van der Waals surface area contributed by atoms with E-state index in [0.717, 1.165) is 23.1 Å². The van der Waals surface area contributed by atoms with Crippen molar-refractivity contribution in [1.82, 2.24) is 0 Å². The van der Waals surface area contributed by atoms with Gasteiger partial charge < -0.3 is 0 Å². The topological polar surface area (TPSA) is 24.7 Å². The molecule has 0 N–H and O–H groups in total. The Hall–Kier alpha value is -5.08. The molecule has 0 bridgehead atoms. The summed E-state index contributed by atoms with van der Waals surface area (Å²) >= 11 is 0. The zero-order chi connectivity index (χ0) is 27.6. The van der Waals surface area contributed by atoms with Crippen molar-refractivity contribution in [3.63, 3.8) is 0 Å². The fourth-order valence-corrected chi connectivity index (χ4v) is 4.89. The molecule has 194 valence electrons. The van der Waals surface area contributed by atoms with Crippen LogP contribution in [0.4, 0.5) is 0 Å². The van der Waals surface area contributed by atoms with Gasteiger partial charge in [0.1, 0.15) is 6.04 Å². The van der Waals surface area contributed by atoms with Crippen molar-refractivity contribution in [1.29, 1.82) is 0 Å². The van der Waals surface area contributed by atoms with E-state index in [4.69, 9.17) is 4.99 Å². The summed E-state index contributed by atoms with van der Waals surface area (Å²) in [5.41, 5.74) is 6.90. The molecule has 0 heterocycles. The molecule has 1 atom stereocenters. The van der Waals surface area contributed by atoms with Gasteiger partial charge in [-0.15, -0.1) is 0 Å². The summed E-state index contributed by atoms with van der Waals surface area (Å²) in [6.45, 7) is 7.55. The standard InChI is InChI=1S/C38H32N2/c1-3-4-5-6-9-16-30-17-14-15-22-36(30)33-25-23-29-24-26-34(28-35(29)27-33)37(31-18-10-7-11-19-31)40-38(39-2)32-20-12-8-13-21-32/h3-15,17-28,37H,1-2,16H2/b5-4-,9-6-,40-38-. The molecule has 0 saturated carbocycles. The van der Waals surface area contributed by atoms with E-state index in [2.05, 4.69) is 115 Å². The van der Waals surface area contributed by atoms with Crippen molar-refractivity contribution in [3.8, 4) is 11.1 Å². The van der Waals surface area contributed by atoms with E-state index in [1.165, 1.54) is 27.5 Å². The first-order valence-electron chi connectivity index (χ1n) is 13.5. The number of allylic oxidation sites excluding steroid dienone is 5. The molecule has 2 nitrogen and oxygen atoms in total. The van der Waals surface area contributed by atoms with Crippen molar-refractivity contribution >= 4 is 23.3 Å². The van der Waals surface area contributed by atoms with Crippen LogP contribution < -0.4 is 0 Å². The summed E-state index contributed by atoms with van der Waals surface area (Å²) in [6.07, 6.45) is 10.8. The van der Waals surface area contributed by atoms with Crippen LogP contribution in [0.3, 0.4) is 0 Å². The first-order chi connectivity index (χ1) is 19.8. The Morgan fingerprint density at radius 1 is 0.675 bits per heavy atom. The summed E-state index contributed by atoms with van der Waals surface area (Å²) in [5, 5.41) is 2.37. The van der Waals surface area contributed by atoms with Crippen LogP contribution in [0.25, 0.3) is 21.9 Å². The SMILES string of the molecule is C=C/C=C\C=C/Cc1ccccc1-c1ccc2ccc(C(/N=C(\N=C)c3ccccc3)c3ccccc3)cc2c1. The second-order valence-corrected chi connectivity index (χ2v) is 9.52. The lowest BCUT2D eigenvalue weighted by Crippen LogP contribution is -2.04. The van der Waals surface area contributed by atoms with Crippen LogP contribution in [0.15, 0.2) is 168 Å². The van der Waals surface area contributed by atoms with Gasteiger partial charge in [0.25, 0.3) is 0 Å². The molecular weight excluding hydrogens is 484 g/mol. The Balaban J connectivity index is 1.56. The Kier molecular flexibility index (Phi) is 8.70. The van der Waals surface area contributed by atoms with Gasteiger partial charge in [-0.25, -0.2) is 4.99 Å². The quantitative estimate of drug-likeness (QED) is 0.106. The average molecular weight is 517 g/mol. The molecule has 5 aromatic carbocycles. The minimum atomic E-state index is -0.212. The number of amidine groups is 1. The molecule has 1 unspecified atom stereocenters. The molecule has 0 saturated heterocycles. The number of fused-ring (bicyclic) bond motifs is 1. The van der Waals surface area contributed by atoms with E-state index in [1.807, 2.05) is 48.6 Å². The molecule has 2 heteroatoms. The lowest BCUT2D eigenvalue weighted by molar-refractivity contribution is 0.873. The highest BCUT2D eigenvalue weighted by Gasteiger charge is 2.16. The summed E-state index contributed by atoms with van der Waals surface area (Å²) in [5.74, 6) is 0.633. The van der Waals surface area contributed by atoms with Crippen LogP contribution in [-0.2, 0) is 6.42 Å². The van der Waals surface area contributed by atoms with Crippen molar-refractivity contribution in [2.75, 3.05) is 0 Å². The monoisotopic (exact) mass is 516 g/mol. The molecule has 0 fully saturated rings. The summed E-state index contributed by atoms with van der Waals surface area (Å²) < 4.78 is 0. The molecule has 40 heavy (non-hydrogen) atoms. The second kappa shape index (κ2) is 13.1. The normalized spacial score (nSPS) is 12.7. The van der Waals surface area contributed by atoms with E-state index < -0.39 is 0 Å². The number of hydrogen-bond acceptors (Lipinski definition) is 1. The van der Waals surface area contributed by atoms with E-state index in [0.29, 0.717) is 5.84 Å². The molecule has 0 spiro atoms. The minimum Gasteiger partial charge on any atom is -0.253 e. The van der Waals surface area contributed by atoms with Crippen LogP contribution in [0, 0.1) is 0 Å². The van der Waals surface area contributed by atoms with Crippen LogP contribution in [0.2, 0.25) is 0 Å². The molecule has 0 aromatic heterocycles. The van der Waals surface area contributed by atoms with E-state index in [1.54, 1.807) is 6.08 Å². The van der Waals surface area contributed by atoms with E-state index in [9.17, 15) is 0 Å². The Bertz CT molecular complexity index is 1690. The zero-order valence-corrected chi connectivity index (χ0v) is 22.5. The molecule has 0 radical (unpaired) electrons. The highest BCUT2D eigenvalue weighted by Crippen LogP contribution is 2.32. The fraction of sp³-hybridized carbons (Fsp3) is 0.0526. The second-order valence-electron chi connectivity index (χ2n) is 9.52. The van der Waals surface area contributed by atoms with Gasteiger partial charge in [-0.3, -0.25) is 4.99 Å². The minimum absolute atomic E-state index is 0.212. The largest absolute Gasteiger partial charge is 0.253 e. The lowest BCUT2D eigenvalue weighted by atomic mass is 9.93. The van der Waals surface area contributed by atoms with Gasteiger partial charge in [-0.2, -0.15) is 0 Å². The molecule has 5 aromatic rings. The maximum atomic E-state index is 5.13. The third kappa shape index (κ3) is 6.31. The maximum Gasteiger partial charge on any atom is 0.154 e. The summed E-state index contributed by atoms with van der Waals surface area (Å²) in [7, 11) is 0. The Morgan fingerprint density at radius 2 is 1.40 bits per heavy atom. The van der Waals surface area contributed by atoms with Gasteiger partial charge in [-0.1, -0.05) is 146 Å². The Labute approximate surface area is 237 Å². The van der Waals surface area contributed by atoms with Crippen molar-refractivity contribution in [2.45, 2.75) is 12.5 Å². The number of hydrogen-bond donors (Lipinski definition) is 0. The molecule has 5 rings (SSSR count). The number of benzene rings is 5. The van der Waals surface area contributed by atoms with E-state index >= 15 is 0 Å². The molecule has 0 amide bonds. The van der Waals surface area contributed by atoms with Gasteiger partial charge in [-0.05, 0) is 63.9 Å². The first-order valence-corrected chi connectivity index (χ1v) is 13.5. The number of rotatable bonds is 9. The highest BCUT2D eigenvalue weighted by atomic mass is 14.9.